The van der Waals surface area contributed by atoms with Crippen molar-refractivity contribution >= 4 is 0 Å². The first kappa shape index (κ1) is 19.5. The quantitative estimate of drug-likeness (QED) is 0.455. The number of rotatable bonds is 6. The lowest BCUT2D eigenvalue weighted by Gasteiger charge is -2.27. The van der Waals surface area contributed by atoms with Crippen LogP contribution in [-0.2, 0) is 19.5 Å². The summed E-state index contributed by atoms with van der Waals surface area (Å²) in [5.41, 5.74) is 5.50. The fourth-order valence-electron chi connectivity index (χ4n) is 3.89. The van der Waals surface area contributed by atoms with E-state index in [2.05, 4.69) is 33.1 Å². The number of fused-ring (bicyclic) bond motifs is 1. The van der Waals surface area contributed by atoms with E-state index in [0.29, 0.717) is 18.2 Å². The van der Waals surface area contributed by atoms with Gasteiger partial charge in [-0.3, -0.25) is 9.88 Å². The maximum Gasteiger partial charge on any atom is 0.195 e. The summed E-state index contributed by atoms with van der Waals surface area (Å²) in [6.07, 6.45) is 6.45. The Balaban J connectivity index is 1.25. The van der Waals surface area contributed by atoms with Gasteiger partial charge in [0.15, 0.2) is 11.6 Å². The second kappa shape index (κ2) is 8.70. The van der Waals surface area contributed by atoms with Crippen molar-refractivity contribution in [2.75, 3.05) is 13.2 Å². The molecular weight excluding hydrogens is 388 g/mol. The molecular formula is C25H24N4O2. The minimum absolute atomic E-state index is 0.657. The van der Waals surface area contributed by atoms with Crippen molar-refractivity contribution in [3.63, 3.8) is 0 Å². The van der Waals surface area contributed by atoms with Crippen molar-refractivity contribution in [3.8, 4) is 28.6 Å². The topological polar surface area (TPSA) is 64.3 Å². The number of nitrogens with zero attached hydrogens (tertiary/aromatic N) is 4. The number of aromatic nitrogens is 3. The van der Waals surface area contributed by atoms with Crippen LogP contribution in [0.5, 0.6) is 5.75 Å². The third-order valence-electron chi connectivity index (χ3n) is 5.43. The van der Waals surface area contributed by atoms with Crippen LogP contribution in [0.3, 0.4) is 0 Å². The van der Waals surface area contributed by atoms with Crippen LogP contribution < -0.4 is 4.74 Å². The highest BCUT2D eigenvalue weighted by Crippen LogP contribution is 2.24. The molecule has 0 bridgehead atoms. The number of pyridine rings is 1. The van der Waals surface area contributed by atoms with Gasteiger partial charge in [-0.1, -0.05) is 18.2 Å². The Morgan fingerprint density at radius 2 is 2.03 bits per heavy atom. The Hall–Kier alpha value is -3.51. The average Bonchev–Trinajstić information content (AvgIpc) is 3.35. The summed E-state index contributed by atoms with van der Waals surface area (Å²) >= 11 is 0. The maximum atomic E-state index is 5.60. The lowest BCUT2D eigenvalue weighted by Crippen LogP contribution is -2.31. The Bertz CT molecular complexity index is 1160. The smallest absolute Gasteiger partial charge is 0.195 e. The van der Waals surface area contributed by atoms with E-state index in [4.69, 9.17) is 14.1 Å². The molecule has 31 heavy (non-hydrogen) atoms. The Morgan fingerprint density at radius 3 is 2.84 bits per heavy atom. The summed E-state index contributed by atoms with van der Waals surface area (Å²) in [6, 6.07) is 16.0. The molecule has 0 fully saturated rings. The highest BCUT2D eigenvalue weighted by atomic mass is 16.5. The molecule has 1 aromatic carbocycles. The maximum absolute atomic E-state index is 5.60. The third-order valence-corrected chi connectivity index (χ3v) is 5.43. The normalized spacial score (nSPS) is 13.7. The van der Waals surface area contributed by atoms with Crippen molar-refractivity contribution in [1.29, 1.82) is 0 Å². The van der Waals surface area contributed by atoms with Crippen LogP contribution in [0.1, 0.15) is 23.7 Å². The molecule has 5 rings (SSSR count). The second-order valence-electron chi connectivity index (χ2n) is 7.62. The summed E-state index contributed by atoms with van der Waals surface area (Å²) in [5, 5.41) is 0. The molecule has 1 aliphatic rings. The zero-order valence-electron chi connectivity index (χ0n) is 17.5. The molecule has 0 atom stereocenters. The van der Waals surface area contributed by atoms with Gasteiger partial charge in [-0.15, -0.1) is 0 Å². The van der Waals surface area contributed by atoms with Gasteiger partial charge in [-0.25, -0.2) is 9.97 Å². The van der Waals surface area contributed by atoms with Crippen LogP contribution in [-0.4, -0.2) is 33.0 Å². The van der Waals surface area contributed by atoms with Crippen molar-refractivity contribution in [2.24, 2.45) is 0 Å². The summed E-state index contributed by atoms with van der Waals surface area (Å²) in [7, 11) is 0. The monoisotopic (exact) mass is 412 g/mol. The van der Waals surface area contributed by atoms with Gasteiger partial charge in [-0.2, -0.15) is 0 Å². The molecule has 0 saturated carbocycles. The molecule has 4 aromatic rings. The predicted molar refractivity (Wildman–Crippen MR) is 118 cm³/mol. The van der Waals surface area contributed by atoms with Crippen LogP contribution in [0.4, 0.5) is 0 Å². The minimum atomic E-state index is 0.657. The van der Waals surface area contributed by atoms with E-state index in [1.165, 1.54) is 11.1 Å². The Labute approximate surface area is 181 Å². The van der Waals surface area contributed by atoms with E-state index >= 15 is 0 Å². The van der Waals surface area contributed by atoms with Gasteiger partial charge in [0, 0.05) is 49.6 Å². The van der Waals surface area contributed by atoms with E-state index < -0.39 is 0 Å². The molecule has 3 aromatic heterocycles. The Kier molecular flexibility index (Phi) is 5.46. The van der Waals surface area contributed by atoms with Gasteiger partial charge in [0.2, 0.25) is 0 Å². The predicted octanol–water partition coefficient (Wildman–Crippen LogP) is 4.76. The number of ether oxygens (including phenoxy) is 1. The summed E-state index contributed by atoms with van der Waals surface area (Å²) in [4.78, 5) is 16.3. The molecule has 0 radical (unpaired) electrons. The van der Waals surface area contributed by atoms with E-state index in [1.807, 2.05) is 49.6 Å². The lowest BCUT2D eigenvalue weighted by molar-refractivity contribution is 0.242. The first-order valence-corrected chi connectivity index (χ1v) is 10.6. The third kappa shape index (κ3) is 4.34. The largest absolute Gasteiger partial charge is 0.494 e. The summed E-state index contributed by atoms with van der Waals surface area (Å²) < 4.78 is 11.0. The van der Waals surface area contributed by atoms with Crippen LogP contribution >= 0.6 is 0 Å². The zero-order chi connectivity index (χ0) is 21.0. The molecule has 4 heterocycles. The van der Waals surface area contributed by atoms with Gasteiger partial charge in [0.1, 0.15) is 5.75 Å². The highest BCUT2D eigenvalue weighted by Gasteiger charge is 2.19. The average molecular weight is 412 g/mol. The SMILES string of the molecule is CCOc1cccc(-c2ccc(CN3CCc4nc(-c5ccco5)ncc4C3)cn2)c1. The van der Waals surface area contributed by atoms with E-state index in [1.54, 1.807) is 6.26 Å². The molecule has 0 amide bonds. The lowest BCUT2D eigenvalue weighted by atomic mass is 10.1. The molecule has 6 nitrogen and oxygen atoms in total. The summed E-state index contributed by atoms with van der Waals surface area (Å²) in [6.45, 7) is 5.30. The fourth-order valence-corrected chi connectivity index (χ4v) is 3.89. The van der Waals surface area contributed by atoms with Gasteiger partial charge < -0.3 is 9.15 Å². The molecule has 0 unspecified atom stereocenters. The number of benzene rings is 1. The second-order valence-corrected chi connectivity index (χ2v) is 7.62. The van der Waals surface area contributed by atoms with Crippen LogP contribution in [0.25, 0.3) is 22.8 Å². The van der Waals surface area contributed by atoms with Crippen molar-refractivity contribution in [1.82, 2.24) is 19.9 Å². The van der Waals surface area contributed by atoms with Crippen LogP contribution in [0.2, 0.25) is 0 Å². The highest BCUT2D eigenvalue weighted by molar-refractivity contribution is 5.61. The van der Waals surface area contributed by atoms with Gasteiger partial charge in [0.05, 0.1) is 24.3 Å². The zero-order valence-corrected chi connectivity index (χ0v) is 17.5. The van der Waals surface area contributed by atoms with Crippen molar-refractivity contribution < 1.29 is 9.15 Å². The molecule has 0 spiro atoms. The number of furan rings is 1. The minimum Gasteiger partial charge on any atom is -0.494 e. The fraction of sp³-hybridized carbons (Fsp3) is 0.240. The van der Waals surface area contributed by atoms with Crippen molar-refractivity contribution in [3.05, 3.63) is 84.0 Å². The molecule has 0 N–H and O–H groups in total. The standard InChI is InChI=1S/C25H24N4O2/c1-2-30-21-6-3-5-19(13-21)22-9-8-18(14-26-22)16-29-11-10-23-20(17-29)15-27-25(28-23)24-7-4-12-31-24/h3-9,12-15H,2,10-11,16-17H2,1H3. The molecule has 156 valence electrons. The van der Waals surface area contributed by atoms with Crippen LogP contribution in [0, 0.1) is 0 Å². The Morgan fingerprint density at radius 1 is 1.06 bits per heavy atom. The van der Waals surface area contributed by atoms with E-state index in [9.17, 15) is 0 Å². The van der Waals surface area contributed by atoms with Gasteiger partial charge in [-0.05, 0) is 42.8 Å². The first-order chi connectivity index (χ1) is 15.3. The molecule has 6 heteroatoms. The summed E-state index contributed by atoms with van der Waals surface area (Å²) in [5.74, 6) is 2.24. The number of hydrogen-bond acceptors (Lipinski definition) is 6. The van der Waals surface area contributed by atoms with Crippen LogP contribution in [0.15, 0.2) is 71.6 Å². The van der Waals surface area contributed by atoms with E-state index in [0.717, 1.165) is 48.8 Å². The van der Waals surface area contributed by atoms with Crippen molar-refractivity contribution in [2.45, 2.75) is 26.4 Å². The first-order valence-electron chi connectivity index (χ1n) is 10.6. The number of hydrogen-bond donors (Lipinski definition) is 0. The molecule has 0 aliphatic carbocycles. The molecule has 1 aliphatic heterocycles. The molecule has 0 saturated heterocycles. The van der Waals surface area contributed by atoms with E-state index in [-0.39, 0.29) is 0 Å². The van der Waals surface area contributed by atoms with Gasteiger partial charge in [0.25, 0.3) is 0 Å². The van der Waals surface area contributed by atoms with Gasteiger partial charge >= 0.3 is 0 Å².